The lowest BCUT2D eigenvalue weighted by atomic mass is 10.0. The Labute approximate surface area is 121 Å². The van der Waals surface area contributed by atoms with Crippen LogP contribution in [0, 0.1) is 11.6 Å². The zero-order chi connectivity index (χ0) is 14.9. The van der Waals surface area contributed by atoms with Gasteiger partial charge < -0.3 is 5.73 Å². The van der Waals surface area contributed by atoms with Crippen LogP contribution < -0.4 is 5.73 Å². The van der Waals surface area contributed by atoms with Crippen molar-refractivity contribution >= 4 is 11.6 Å². The SMILES string of the molecule is CCc1nn(C)c(CC(N)c2ccc(F)c(F)c2)c1Cl. The maximum Gasteiger partial charge on any atom is 0.159 e. The minimum atomic E-state index is -0.900. The second-order valence-corrected chi connectivity index (χ2v) is 5.05. The maximum absolute atomic E-state index is 13.2. The molecule has 0 amide bonds. The van der Waals surface area contributed by atoms with E-state index >= 15 is 0 Å². The van der Waals surface area contributed by atoms with Crippen LogP contribution in [0.1, 0.15) is 29.9 Å². The lowest BCUT2D eigenvalue weighted by molar-refractivity contribution is 0.504. The smallest absolute Gasteiger partial charge is 0.159 e. The summed E-state index contributed by atoms with van der Waals surface area (Å²) >= 11 is 6.24. The fourth-order valence-electron chi connectivity index (χ4n) is 2.11. The third-order valence-electron chi connectivity index (χ3n) is 3.29. The van der Waals surface area contributed by atoms with Crippen molar-refractivity contribution in [1.29, 1.82) is 0 Å². The first-order valence-electron chi connectivity index (χ1n) is 6.34. The molecule has 6 heteroatoms. The van der Waals surface area contributed by atoms with Gasteiger partial charge in [-0.05, 0) is 24.1 Å². The number of hydrogen-bond acceptors (Lipinski definition) is 2. The number of aromatic nitrogens is 2. The van der Waals surface area contributed by atoms with Gasteiger partial charge in [-0.2, -0.15) is 5.10 Å². The van der Waals surface area contributed by atoms with Crippen molar-refractivity contribution in [1.82, 2.24) is 9.78 Å². The second-order valence-electron chi connectivity index (χ2n) is 4.67. The first kappa shape index (κ1) is 14.9. The highest BCUT2D eigenvalue weighted by molar-refractivity contribution is 6.31. The Hall–Kier alpha value is -1.46. The number of nitrogens with two attached hydrogens (primary N) is 1. The topological polar surface area (TPSA) is 43.8 Å². The molecule has 1 aromatic heterocycles. The van der Waals surface area contributed by atoms with Crippen LogP contribution in [-0.4, -0.2) is 9.78 Å². The molecule has 0 saturated carbocycles. The van der Waals surface area contributed by atoms with Crippen molar-refractivity contribution in [3.8, 4) is 0 Å². The molecule has 0 bridgehead atoms. The van der Waals surface area contributed by atoms with E-state index in [9.17, 15) is 8.78 Å². The van der Waals surface area contributed by atoms with Crippen LogP contribution in [0.5, 0.6) is 0 Å². The van der Waals surface area contributed by atoms with Gasteiger partial charge in [0.2, 0.25) is 0 Å². The predicted octanol–water partition coefficient (Wildman–Crippen LogP) is 3.16. The van der Waals surface area contributed by atoms with Crippen molar-refractivity contribution in [2.45, 2.75) is 25.8 Å². The summed E-state index contributed by atoms with van der Waals surface area (Å²) in [4.78, 5) is 0. The third-order valence-corrected chi connectivity index (χ3v) is 3.72. The van der Waals surface area contributed by atoms with Crippen LogP contribution in [0.25, 0.3) is 0 Å². The highest BCUT2D eigenvalue weighted by atomic mass is 35.5. The zero-order valence-corrected chi connectivity index (χ0v) is 12.1. The molecule has 1 aromatic carbocycles. The second kappa shape index (κ2) is 5.89. The van der Waals surface area contributed by atoms with E-state index < -0.39 is 17.7 Å². The largest absolute Gasteiger partial charge is 0.324 e. The zero-order valence-electron chi connectivity index (χ0n) is 11.3. The Bertz CT molecular complexity index is 625. The molecular weight excluding hydrogens is 284 g/mol. The van der Waals surface area contributed by atoms with Gasteiger partial charge in [0, 0.05) is 19.5 Å². The maximum atomic E-state index is 13.2. The Kier molecular flexibility index (Phi) is 4.40. The molecule has 2 N–H and O–H groups in total. The summed E-state index contributed by atoms with van der Waals surface area (Å²) in [5, 5.41) is 4.89. The van der Waals surface area contributed by atoms with E-state index in [-0.39, 0.29) is 0 Å². The molecule has 0 fully saturated rings. The van der Waals surface area contributed by atoms with Gasteiger partial charge in [0.05, 0.1) is 16.4 Å². The summed E-state index contributed by atoms with van der Waals surface area (Å²) in [6.45, 7) is 1.97. The van der Waals surface area contributed by atoms with Crippen LogP contribution in [0.4, 0.5) is 8.78 Å². The summed E-state index contributed by atoms with van der Waals surface area (Å²) in [7, 11) is 1.79. The highest BCUT2D eigenvalue weighted by Crippen LogP contribution is 2.25. The lowest BCUT2D eigenvalue weighted by Crippen LogP contribution is -2.16. The Morgan fingerprint density at radius 2 is 2.05 bits per heavy atom. The monoisotopic (exact) mass is 299 g/mol. The number of halogens is 3. The molecular formula is C14H16ClF2N3. The molecule has 0 radical (unpaired) electrons. The van der Waals surface area contributed by atoms with Gasteiger partial charge in [-0.3, -0.25) is 4.68 Å². The quantitative estimate of drug-likeness (QED) is 0.942. The normalized spacial score (nSPS) is 12.7. The van der Waals surface area contributed by atoms with Crippen LogP contribution in [0.15, 0.2) is 18.2 Å². The number of aryl methyl sites for hydroxylation is 2. The molecule has 2 rings (SSSR count). The van der Waals surface area contributed by atoms with Gasteiger partial charge in [0.1, 0.15) is 0 Å². The van der Waals surface area contributed by atoms with Crippen molar-refractivity contribution in [3.63, 3.8) is 0 Å². The van der Waals surface area contributed by atoms with Gasteiger partial charge in [0.25, 0.3) is 0 Å². The molecule has 0 aliphatic rings. The van der Waals surface area contributed by atoms with E-state index in [1.54, 1.807) is 11.7 Å². The van der Waals surface area contributed by atoms with E-state index in [0.29, 0.717) is 17.0 Å². The minimum Gasteiger partial charge on any atom is -0.324 e. The molecule has 0 aliphatic heterocycles. The number of benzene rings is 1. The Balaban J connectivity index is 2.25. The molecule has 108 valence electrons. The first-order chi connectivity index (χ1) is 9.43. The molecule has 1 heterocycles. The van der Waals surface area contributed by atoms with E-state index in [2.05, 4.69) is 5.10 Å². The fourth-order valence-corrected chi connectivity index (χ4v) is 2.48. The summed E-state index contributed by atoms with van der Waals surface area (Å²) < 4.78 is 27.8. The van der Waals surface area contributed by atoms with Gasteiger partial charge in [-0.1, -0.05) is 24.6 Å². The van der Waals surface area contributed by atoms with Crippen LogP contribution in [0.2, 0.25) is 5.02 Å². The average molecular weight is 300 g/mol. The summed E-state index contributed by atoms with van der Waals surface area (Å²) in [6, 6.07) is 3.20. The summed E-state index contributed by atoms with van der Waals surface area (Å²) in [5.74, 6) is -1.78. The van der Waals surface area contributed by atoms with Crippen molar-refractivity contribution in [3.05, 3.63) is 51.8 Å². The predicted molar refractivity (Wildman–Crippen MR) is 74.6 cm³/mol. The van der Waals surface area contributed by atoms with Crippen LogP contribution in [-0.2, 0) is 19.9 Å². The summed E-state index contributed by atoms with van der Waals surface area (Å²) in [6.07, 6.45) is 1.14. The van der Waals surface area contributed by atoms with Gasteiger partial charge in [0.15, 0.2) is 11.6 Å². The highest BCUT2D eigenvalue weighted by Gasteiger charge is 2.17. The average Bonchev–Trinajstić information content (AvgIpc) is 2.69. The van der Waals surface area contributed by atoms with E-state index in [1.807, 2.05) is 6.92 Å². The van der Waals surface area contributed by atoms with Crippen LogP contribution >= 0.6 is 11.6 Å². The minimum absolute atomic E-state index is 0.410. The number of rotatable bonds is 4. The van der Waals surface area contributed by atoms with Gasteiger partial charge in [-0.25, -0.2) is 8.78 Å². The van der Waals surface area contributed by atoms with Crippen molar-refractivity contribution < 1.29 is 8.78 Å². The lowest BCUT2D eigenvalue weighted by Gasteiger charge is -2.13. The van der Waals surface area contributed by atoms with Crippen molar-refractivity contribution in [2.75, 3.05) is 0 Å². The third kappa shape index (κ3) is 2.83. The van der Waals surface area contributed by atoms with Gasteiger partial charge in [-0.15, -0.1) is 0 Å². The van der Waals surface area contributed by atoms with E-state index in [4.69, 9.17) is 17.3 Å². The first-order valence-corrected chi connectivity index (χ1v) is 6.72. The number of nitrogens with zero attached hydrogens (tertiary/aromatic N) is 2. The molecule has 0 aliphatic carbocycles. The van der Waals surface area contributed by atoms with E-state index in [0.717, 1.165) is 29.9 Å². The Morgan fingerprint density at radius 3 is 2.60 bits per heavy atom. The van der Waals surface area contributed by atoms with Crippen molar-refractivity contribution in [2.24, 2.45) is 12.8 Å². The molecule has 2 aromatic rings. The Morgan fingerprint density at radius 1 is 1.35 bits per heavy atom. The standard InChI is InChI=1S/C14H16ClF2N3/c1-3-12-14(15)13(20(2)19-12)7-11(18)8-4-5-9(16)10(17)6-8/h4-6,11H,3,7,18H2,1-2H3. The van der Waals surface area contributed by atoms with E-state index in [1.165, 1.54) is 6.07 Å². The molecule has 1 atom stereocenters. The summed E-state index contributed by atoms with van der Waals surface area (Å²) in [5.41, 5.74) is 8.17. The molecule has 0 saturated heterocycles. The molecule has 3 nitrogen and oxygen atoms in total. The fraction of sp³-hybridized carbons (Fsp3) is 0.357. The number of hydrogen-bond donors (Lipinski definition) is 1. The molecule has 20 heavy (non-hydrogen) atoms. The van der Waals surface area contributed by atoms with Gasteiger partial charge >= 0.3 is 0 Å². The molecule has 1 unspecified atom stereocenters. The van der Waals surface area contributed by atoms with Crippen LogP contribution in [0.3, 0.4) is 0 Å². The molecule has 0 spiro atoms.